The molecule has 0 N–H and O–H groups in total. The Labute approximate surface area is 124 Å². The van der Waals surface area contributed by atoms with Crippen molar-refractivity contribution in [2.45, 2.75) is 25.7 Å². The van der Waals surface area contributed by atoms with Crippen LogP contribution in [0.2, 0.25) is 0 Å². The summed E-state index contributed by atoms with van der Waals surface area (Å²) in [5, 5.41) is 4.71. The molecule has 6 heteroatoms. The van der Waals surface area contributed by atoms with Crippen molar-refractivity contribution < 1.29 is 8.42 Å². The third kappa shape index (κ3) is 2.67. The van der Waals surface area contributed by atoms with E-state index < -0.39 is 10.0 Å². The minimum atomic E-state index is -3.70. The van der Waals surface area contributed by atoms with Crippen molar-refractivity contribution >= 4 is 21.1 Å². The van der Waals surface area contributed by atoms with Crippen molar-refractivity contribution in [3.63, 3.8) is 0 Å². The molecule has 0 aliphatic rings. The van der Waals surface area contributed by atoms with Crippen LogP contribution >= 0.6 is 0 Å². The summed E-state index contributed by atoms with van der Waals surface area (Å²) in [5.74, 6) is 0. The largest absolute Gasteiger partial charge is 0.284 e. The summed E-state index contributed by atoms with van der Waals surface area (Å²) in [6.07, 6.45) is 3.11. The maximum absolute atomic E-state index is 12.5. The third-order valence-corrected chi connectivity index (χ3v) is 4.52. The lowest BCUT2D eigenvalue weighted by Crippen LogP contribution is -2.14. The Kier molecular flexibility index (Phi) is 4.37. The molecule has 5 nitrogen and oxygen atoms in total. The number of benzene rings is 1. The maximum atomic E-state index is 12.5. The summed E-state index contributed by atoms with van der Waals surface area (Å²) < 4.78 is 25.9. The van der Waals surface area contributed by atoms with Crippen LogP contribution in [0.3, 0.4) is 0 Å². The number of hydrogen-bond donors (Lipinski definition) is 0. The van der Waals surface area contributed by atoms with Crippen LogP contribution in [-0.2, 0) is 10.0 Å². The molecule has 0 aliphatic heterocycles. The minimum absolute atomic E-state index is 0.198. The lowest BCUT2D eigenvalue weighted by molar-refractivity contribution is 0.582. The molecule has 0 radical (unpaired) electrons. The Balaban J connectivity index is 0.000000774. The maximum Gasteiger partial charge on any atom is 0.284 e. The SMILES string of the molecule is CC.Cc1ccnc2c1cnn2S(=O)(=O)c1ccccc1. The molecule has 3 aromatic rings. The summed E-state index contributed by atoms with van der Waals surface area (Å²) in [6, 6.07) is 10.0. The molecule has 110 valence electrons. The molecule has 0 spiro atoms. The summed E-state index contributed by atoms with van der Waals surface area (Å²) in [4.78, 5) is 4.31. The van der Waals surface area contributed by atoms with Crippen LogP contribution < -0.4 is 0 Å². The monoisotopic (exact) mass is 303 g/mol. The second kappa shape index (κ2) is 6.05. The molecule has 0 saturated heterocycles. The van der Waals surface area contributed by atoms with E-state index in [2.05, 4.69) is 10.1 Å². The van der Waals surface area contributed by atoms with Crippen molar-refractivity contribution in [2.24, 2.45) is 0 Å². The fourth-order valence-corrected chi connectivity index (χ4v) is 3.15. The summed E-state index contributed by atoms with van der Waals surface area (Å²) >= 11 is 0. The predicted octanol–water partition coefficient (Wildman–Crippen LogP) is 3.00. The van der Waals surface area contributed by atoms with Crippen LogP contribution in [0.15, 0.2) is 53.7 Å². The fourth-order valence-electron chi connectivity index (χ4n) is 1.90. The average molecular weight is 303 g/mol. The van der Waals surface area contributed by atoms with Crippen molar-refractivity contribution in [3.05, 3.63) is 54.4 Å². The molecule has 0 aliphatic carbocycles. The highest BCUT2D eigenvalue weighted by Crippen LogP contribution is 2.20. The first kappa shape index (κ1) is 15.2. The Morgan fingerprint density at radius 3 is 2.38 bits per heavy atom. The molecule has 0 atom stereocenters. The molecule has 21 heavy (non-hydrogen) atoms. The zero-order valence-corrected chi connectivity index (χ0v) is 13.0. The first-order valence-electron chi connectivity index (χ1n) is 6.71. The van der Waals surface area contributed by atoms with E-state index in [1.54, 1.807) is 36.5 Å². The molecule has 0 saturated carbocycles. The van der Waals surface area contributed by atoms with Crippen molar-refractivity contribution in [1.29, 1.82) is 0 Å². The molecule has 1 aromatic carbocycles. The van der Waals surface area contributed by atoms with Gasteiger partial charge in [0.05, 0.1) is 11.1 Å². The van der Waals surface area contributed by atoms with E-state index >= 15 is 0 Å². The van der Waals surface area contributed by atoms with Gasteiger partial charge in [-0.2, -0.15) is 13.5 Å². The van der Waals surface area contributed by atoms with Crippen LogP contribution in [0.25, 0.3) is 11.0 Å². The number of fused-ring (bicyclic) bond motifs is 1. The highest BCUT2D eigenvalue weighted by atomic mass is 32.2. The first-order chi connectivity index (χ1) is 10.1. The van der Waals surface area contributed by atoms with E-state index in [4.69, 9.17) is 0 Å². The van der Waals surface area contributed by atoms with Crippen LogP contribution in [0.1, 0.15) is 19.4 Å². The molecule has 0 fully saturated rings. The van der Waals surface area contributed by atoms with Gasteiger partial charge in [0.15, 0.2) is 5.65 Å². The molecular formula is C15H17N3O2S. The number of rotatable bonds is 2. The van der Waals surface area contributed by atoms with E-state index in [0.717, 1.165) is 15.0 Å². The smallest absolute Gasteiger partial charge is 0.236 e. The molecule has 2 aromatic heterocycles. The van der Waals surface area contributed by atoms with E-state index in [0.29, 0.717) is 5.65 Å². The fraction of sp³-hybridized carbons (Fsp3) is 0.200. The van der Waals surface area contributed by atoms with Crippen LogP contribution in [0.4, 0.5) is 0 Å². The summed E-state index contributed by atoms with van der Waals surface area (Å²) in [5.41, 5.74) is 1.29. The predicted molar refractivity (Wildman–Crippen MR) is 82.6 cm³/mol. The van der Waals surface area contributed by atoms with Gasteiger partial charge in [0, 0.05) is 11.6 Å². The lowest BCUT2D eigenvalue weighted by atomic mass is 10.2. The highest BCUT2D eigenvalue weighted by molar-refractivity contribution is 7.90. The molecule has 0 unspecified atom stereocenters. The number of aryl methyl sites for hydroxylation is 1. The normalized spacial score (nSPS) is 11.0. The molecule has 2 heterocycles. The van der Waals surface area contributed by atoms with Gasteiger partial charge in [-0.15, -0.1) is 4.09 Å². The van der Waals surface area contributed by atoms with E-state index in [9.17, 15) is 8.42 Å². The Bertz CT molecular complexity index is 840. The first-order valence-corrected chi connectivity index (χ1v) is 8.15. The van der Waals surface area contributed by atoms with E-state index in [-0.39, 0.29) is 4.90 Å². The topological polar surface area (TPSA) is 64.8 Å². The number of aromatic nitrogens is 3. The molecular weight excluding hydrogens is 286 g/mol. The van der Waals surface area contributed by atoms with Crippen LogP contribution in [0.5, 0.6) is 0 Å². The molecule has 0 bridgehead atoms. The standard InChI is InChI=1S/C13H11N3O2S.C2H6/c1-10-7-8-14-13-12(10)9-15-16(13)19(17,18)11-5-3-2-4-6-11;1-2/h2-9H,1H3;1-2H3. The van der Waals surface area contributed by atoms with Gasteiger partial charge in [0.1, 0.15) is 0 Å². The van der Waals surface area contributed by atoms with Crippen molar-refractivity contribution in [1.82, 2.24) is 14.2 Å². The van der Waals surface area contributed by atoms with Gasteiger partial charge in [-0.05, 0) is 30.7 Å². The zero-order chi connectivity index (χ0) is 15.5. The minimum Gasteiger partial charge on any atom is -0.236 e. The molecule has 0 amide bonds. The highest BCUT2D eigenvalue weighted by Gasteiger charge is 2.21. The summed E-state index contributed by atoms with van der Waals surface area (Å²) in [7, 11) is -3.70. The van der Waals surface area contributed by atoms with Gasteiger partial charge < -0.3 is 0 Å². The molecule has 3 rings (SSSR count). The zero-order valence-electron chi connectivity index (χ0n) is 12.2. The second-order valence-corrected chi connectivity index (χ2v) is 5.94. The van der Waals surface area contributed by atoms with Crippen LogP contribution in [-0.4, -0.2) is 22.6 Å². The number of nitrogens with zero attached hydrogens (tertiary/aromatic N) is 3. The van der Waals surface area contributed by atoms with Gasteiger partial charge in [-0.1, -0.05) is 32.0 Å². The Morgan fingerprint density at radius 1 is 1.05 bits per heavy atom. The van der Waals surface area contributed by atoms with E-state index in [1.807, 2.05) is 26.8 Å². The van der Waals surface area contributed by atoms with Gasteiger partial charge in [-0.25, -0.2) is 4.98 Å². The van der Waals surface area contributed by atoms with Crippen molar-refractivity contribution in [2.75, 3.05) is 0 Å². The number of hydrogen-bond acceptors (Lipinski definition) is 4. The quantitative estimate of drug-likeness (QED) is 0.730. The van der Waals surface area contributed by atoms with Gasteiger partial charge in [0.25, 0.3) is 10.0 Å². The Hall–Kier alpha value is -2.21. The summed E-state index contributed by atoms with van der Waals surface area (Å²) in [6.45, 7) is 5.89. The van der Waals surface area contributed by atoms with Gasteiger partial charge in [-0.3, -0.25) is 0 Å². The van der Waals surface area contributed by atoms with Crippen LogP contribution in [0, 0.1) is 6.92 Å². The number of pyridine rings is 1. The third-order valence-electron chi connectivity index (χ3n) is 2.93. The van der Waals surface area contributed by atoms with Crippen molar-refractivity contribution in [3.8, 4) is 0 Å². The van der Waals surface area contributed by atoms with Gasteiger partial charge >= 0.3 is 0 Å². The van der Waals surface area contributed by atoms with E-state index in [1.165, 1.54) is 6.20 Å². The second-order valence-electron chi connectivity index (χ2n) is 4.17. The average Bonchev–Trinajstić information content (AvgIpc) is 2.96. The van der Waals surface area contributed by atoms with Gasteiger partial charge in [0.2, 0.25) is 0 Å². The Morgan fingerprint density at radius 2 is 1.71 bits per heavy atom. The lowest BCUT2D eigenvalue weighted by Gasteiger charge is -2.05.